The molecule has 2 aliphatic heterocycles. The zero-order valence-corrected chi connectivity index (χ0v) is 16.5. The van der Waals surface area contributed by atoms with Gasteiger partial charge in [-0.2, -0.15) is 4.31 Å². The van der Waals surface area contributed by atoms with E-state index in [1.165, 1.54) is 4.31 Å². The number of nitrogens with one attached hydrogen (secondary N) is 1. The van der Waals surface area contributed by atoms with E-state index in [-0.39, 0.29) is 24.1 Å². The summed E-state index contributed by atoms with van der Waals surface area (Å²) in [4.78, 5) is 14.9. The number of hydrogen-bond acceptors (Lipinski definition) is 4. The molecule has 0 radical (unpaired) electrons. The fourth-order valence-corrected chi connectivity index (χ4v) is 5.53. The first-order chi connectivity index (χ1) is 11.0. The number of halogens is 1. The molecule has 1 N–H and O–H groups in total. The summed E-state index contributed by atoms with van der Waals surface area (Å²) in [5.41, 5.74) is 0. The lowest BCUT2D eigenvalue weighted by Gasteiger charge is -2.39. The summed E-state index contributed by atoms with van der Waals surface area (Å²) >= 11 is 0. The second-order valence-electron chi connectivity index (χ2n) is 6.79. The highest BCUT2D eigenvalue weighted by Gasteiger charge is 2.39. The number of carbonyl (C=O) groups excluding carboxylic acids is 1. The molecule has 0 bridgehead atoms. The molecule has 2 saturated heterocycles. The second-order valence-corrected chi connectivity index (χ2v) is 8.83. The fourth-order valence-electron chi connectivity index (χ4n) is 3.79. The summed E-state index contributed by atoms with van der Waals surface area (Å²) in [6.45, 7) is 4.78. The van der Waals surface area contributed by atoms with Crippen molar-refractivity contribution in [3.8, 4) is 0 Å². The van der Waals surface area contributed by atoms with Crippen molar-refractivity contribution in [2.24, 2.45) is 5.92 Å². The maximum Gasteiger partial charge on any atom is 0.241 e. The molecule has 0 aromatic carbocycles. The predicted octanol–water partition coefficient (Wildman–Crippen LogP) is 1.46. The van der Waals surface area contributed by atoms with E-state index >= 15 is 0 Å². The maximum atomic E-state index is 13.0. The third-order valence-corrected chi connectivity index (χ3v) is 6.96. The Bertz CT molecular complexity index is 499. The average Bonchev–Trinajstić information content (AvgIpc) is 2.55. The van der Waals surface area contributed by atoms with Crippen molar-refractivity contribution >= 4 is 28.3 Å². The van der Waals surface area contributed by atoms with Crippen LogP contribution in [-0.2, 0) is 14.8 Å². The van der Waals surface area contributed by atoms with Crippen LogP contribution in [-0.4, -0.2) is 68.6 Å². The molecular weight excluding hydrogens is 350 g/mol. The molecule has 2 aliphatic rings. The Morgan fingerprint density at radius 2 is 1.92 bits per heavy atom. The number of likely N-dealkylation sites (tertiary alicyclic amines) is 1. The lowest BCUT2D eigenvalue weighted by Crippen LogP contribution is -2.55. The van der Waals surface area contributed by atoms with E-state index in [1.807, 2.05) is 18.9 Å². The highest BCUT2D eigenvalue weighted by molar-refractivity contribution is 7.89. The molecule has 2 fully saturated rings. The van der Waals surface area contributed by atoms with Gasteiger partial charge in [0.15, 0.2) is 0 Å². The van der Waals surface area contributed by atoms with Crippen molar-refractivity contribution in [1.82, 2.24) is 14.5 Å². The Labute approximate surface area is 152 Å². The second kappa shape index (κ2) is 9.94. The van der Waals surface area contributed by atoms with Gasteiger partial charge in [0.2, 0.25) is 15.9 Å². The Hall–Kier alpha value is -0.370. The zero-order chi connectivity index (χ0) is 16.9. The molecule has 2 rings (SSSR count). The van der Waals surface area contributed by atoms with E-state index in [0.717, 1.165) is 45.3 Å². The van der Waals surface area contributed by atoms with E-state index in [4.69, 9.17) is 0 Å². The van der Waals surface area contributed by atoms with Crippen LogP contribution in [0.3, 0.4) is 0 Å². The van der Waals surface area contributed by atoms with Crippen LogP contribution in [0.1, 0.15) is 45.4 Å². The molecule has 1 amide bonds. The van der Waals surface area contributed by atoms with Gasteiger partial charge in [-0.15, -0.1) is 12.4 Å². The highest BCUT2D eigenvalue weighted by atomic mass is 35.5. The molecule has 0 spiro atoms. The number of sulfonamides is 1. The van der Waals surface area contributed by atoms with Gasteiger partial charge in [0.05, 0.1) is 5.75 Å². The lowest BCUT2D eigenvalue weighted by molar-refractivity contribution is -0.138. The van der Waals surface area contributed by atoms with Gasteiger partial charge in [-0.05, 0) is 51.6 Å². The molecule has 2 atom stereocenters. The van der Waals surface area contributed by atoms with Gasteiger partial charge in [-0.1, -0.05) is 13.3 Å². The van der Waals surface area contributed by atoms with Gasteiger partial charge in [-0.3, -0.25) is 4.79 Å². The normalized spacial score (nSPS) is 26.0. The molecule has 0 aliphatic carbocycles. The first kappa shape index (κ1) is 21.7. The van der Waals surface area contributed by atoms with Crippen molar-refractivity contribution in [2.75, 3.05) is 39.0 Å². The van der Waals surface area contributed by atoms with Crippen LogP contribution in [0.25, 0.3) is 0 Å². The van der Waals surface area contributed by atoms with Gasteiger partial charge in [0, 0.05) is 19.6 Å². The largest absolute Gasteiger partial charge is 0.341 e. The lowest BCUT2D eigenvalue weighted by atomic mass is 9.96. The van der Waals surface area contributed by atoms with Crippen LogP contribution in [0, 0.1) is 5.92 Å². The van der Waals surface area contributed by atoms with Gasteiger partial charge in [0.25, 0.3) is 0 Å². The number of nitrogens with zero attached hydrogens (tertiary/aromatic N) is 2. The minimum absolute atomic E-state index is 0. The summed E-state index contributed by atoms with van der Waals surface area (Å²) in [5, 5.41) is 3.18. The van der Waals surface area contributed by atoms with Crippen LogP contribution in [0.2, 0.25) is 0 Å². The van der Waals surface area contributed by atoms with Gasteiger partial charge >= 0.3 is 0 Å². The maximum absolute atomic E-state index is 13.0. The van der Waals surface area contributed by atoms with Crippen LogP contribution in [0.5, 0.6) is 0 Å². The van der Waals surface area contributed by atoms with E-state index in [9.17, 15) is 13.2 Å². The van der Waals surface area contributed by atoms with Gasteiger partial charge in [0.1, 0.15) is 6.04 Å². The Morgan fingerprint density at radius 1 is 1.17 bits per heavy atom. The number of carbonyl (C=O) groups is 1. The van der Waals surface area contributed by atoms with Crippen LogP contribution in [0.15, 0.2) is 0 Å². The molecule has 0 aromatic rings. The van der Waals surface area contributed by atoms with E-state index in [0.29, 0.717) is 25.3 Å². The first-order valence-electron chi connectivity index (χ1n) is 8.92. The van der Waals surface area contributed by atoms with E-state index in [1.54, 1.807) is 0 Å². The van der Waals surface area contributed by atoms with Crippen LogP contribution >= 0.6 is 12.4 Å². The van der Waals surface area contributed by atoms with Crippen molar-refractivity contribution < 1.29 is 13.2 Å². The molecule has 24 heavy (non-hydrogen) atoms. The van der Waals surface area contributed by atoms with Crippen molar-refractivity contribution in [2.45, 2.75) is 51.5 Å². The molecule has 0 saturated carbocycles. The van der Waals surface area contributed by atoms with Crippen molar-refractivity contribution in [1.29, 1.82) is 0 Å². The predicted molar refractivity (Wildman–Crippen MR) is 98.9 cm³/mol. The molecule has 6 nitrogen and oxygen atoms in total. The standard InChI is InChI=1S/C16H31N3O3S.ClH/c1-3-11-23(21,22)19-10-5-4-8-15(19)16(20)18-9-6-7-14(13-18)12-17-2;/h14-15,17H,3-13H2,1-2H3;1H. The minimum atomic E-state index is -3.32. The fraction of sp³-hybridized carbons (Fsp3) is 0.938. The summed E-state index contributed by atoms with van der Waals surface area (Å²) < 4.78 is 26.5. The Kier molecular flexibility index (Phi) is 8.98. The Morgan fingerprint density at radius 3 is 2.58 bits per heavy atom. The molecule has 2 unspecified atom stereocenters. The first-order valence-corrected chi connectivity index (χ1v) is 10.5. The summed E-state index contributed by atoms with van der Waals surface area (Å²) in [5.74, 6) is 0.631. The molecular formula is C16H32ClN3O3S. The van der Waals surface area contributed by atoms with Crippen LogP contribution < -0.4 is 5.32 Å². The third kappa shape index (κ3) is 5.31. The molecule has 2 heterocycles. The molecule has 142 valence electrons. The van der Waals surface area contributed by atoms with E-state index < -0.39 is 16.1 Å². The third-order valence-electron chi connectivity index (χ3n) is 4.88. The number of hydrogen-bond donors (Lipinski definition) is 1. The summed E-state index contributed by atoms with van der Waals surface area (Å²) in [6, 6.07) is -0.478. The summed E-state index contributed by atoms with van der Waals surface area (Å²) in [6.07, 6.45) is 5.18. The quantitative estimate of drug-likeness (QED) is 0.756. The number of amides is 1. The smallest absolute Gasteiger partial charge is 0.241 e. The number of rotatable bonds is 6. The average molecular weight is 382 g/mol. The van der Waals surface area contributed by atoms with Crippen LogP contribution in [0.4, 0.5) is 0 Å². The van der Waals surface area contributed by atoms with Crippen molar-refractivity contribution in [3.63, 3.8) is 0 Å². The highest BCUT2D eigenvalue weighted by Crippen LogP contribution is 2.25. The summed E-state index contributed by atoms with van der Waals surface area (Å²) in [7, 11) is -1.39. The van der Waals surface area contributed by atoms with Gasteiger partial charge < -0.3 is 10.2 Å². The zero-order valence-electron chi connectivity index (χ0n) is 14.9. The monoisotopic (exact) mass is 381 g/mol. The molecule has 8 heteroatoms. The van der Waals surface area contributed by atoms with Crippen molar-refractivity contribution in [3.05, 3.63) is 0 Å². The van der Waals surface area contributed by atoms with Gasteiger partial charge in [-0.25, -0.2) is 8.42 Å². The minimum Gasteiger partial charge on any atom is -0.341 e. The topological polar surface area (TPSA) is 69.7 Å². The van der Waals surface area contributed by atoms with E-state index in [2.05, 4.69) is 5.32 Å². The Balaban J connectivity index is 0.00000288. The molecule has 0 aromatic heterocycles. The SMILES string of the molecule is CCCS(=O)(=O)N1CCCCC1C(=O)N1CCCC(CNC)C1.Cl. The number of piperidine rings is 2.